The quantitative estimate of drug-likeness (QED) is 0.330. The fourth-order valence-electron chi connectivity index (χ4n) is 3.68. The molecule has 4 aromatic rings. The molecule has 10 nitrogen and oxygen atoms in total. The number of halogens is 2. The van der Waals surface area contributed by atoms with E-state index in [2.05, 4.69) is 15.6 Å². The van der Waals surface area contributed by atoms with E-state index in [-0.39, 0.29) is 46.6 Å². The highest BCUT2D eigenvalue weighted by atomic mass is 19.1. The highest BCUT2D eigenvalue weighted by Gasteiger charge is 2.20. The summed E-state index contributed by atoms with van der Waals surface area (Å²) in [6, 6.07) is 10.8. The molecule has 206 valence electrons. The molecule has 2 heterocycles. The number of nitrogens with one attached hydrogen (secondary N) is 2. The van der Waals surface area contributed by atoms with Crippen molar-refractivity contribution < 1.29 is 23.1 Å². The number of pyridine rings is 1. The normalized spacial score (nSPS) is 10.8. The Hall–Kier alpha value is -5.13. The Morgan fingerprint density at radius 3 is 2.38 bits per heavy atom. The largest absolute Gasteiger partial charge is 0.454 e. The molecule has 40 heavy (non-hydrogen) atoms. The minimum absolute atomic E-state index is 0.0236. The number of nitrogens with zero attached hydrogens (tertiary/aromatic N) is 3. The van der Waals surface area contributed by atoms with Crippen molar-refractivity contribution in [1.29, 1.82) is 0 Å². The number of carbonyl (C=O) groups excluding carboxylic acids is 2. The van der Waals surface area contributed by atoms with Crippen LogP contribution < -0.4 is 26.6 Å². The second-order valence-electron chi connectivity index (χ2n) is 8.92. The summed E-state index contributed by atoms with van der Waals surface area (Å²) < 4.78 is 35.8. The number of benzene rings is 2. The van der Waals surface area contributed by atoms with Gasteiger partial charge in [0.25, 0.3) is 11.5 Å². The van der Waals surface area contributed by atoms with Crippen LogP contribution in [0.15, 0.2) is 76.6 Å². The summed E-state index contributed by atoms with van der Waals surface area (Å²) in [5.41, 5.74) is -1.90. The van der Waals surface area contributed by atoms with Gasteiger partial charge in [-0.1, -0.05) is 6.92 Å². The summed E-state index contributed by atoms with van der Waals surface area (Å²) in [7, 11) is 0. The molecule has 2 aromatic carbocycles. The van der Waals surface area contributed by atoms with Crippen molar-refractivity contribution in [2.75, 3.05) is 10.6 Å². The Kier molecular flexibility index (Phi) is 8.18. The van der Waals surface area contributed by atoms with E-state index in [0.717, 1.165) is 29.0 Å². The maximum absolute atomic E-state index is 14.9. The van der Waals surface area contributed by atoms with Gasteiger partial charge in [0.15, 0.2) is 11.6 Å². The summed E-state index contributed by atoms with van der Waals surface area (Å²) in [4.78, 5) is 54.9. The van der Waals surface area contributed by atoms with E-state index in [0.29, 0.717) is 0 Å². The summed E-state index contributed by atoms with van der Waals surface area (Å²) in [5, 5.41) is 5.04. The number of anilines is 2. The van der Waals surface area contributed by atoms with Crippen LogP contribution in [-0.4, -0.2) is 25.9 Å². The molecule has 0 aliphatic heterocycles. The van der Waals surface area contributed by atoms with E-state index in [1.54, 1.807) is 20.8 Å². The van der Waals surface area contributed by atoms with Gasteiger partial charge < -0.3 is 15.4 Å². The lowest BCUT2D eigenvalue weighted by atomic mass is 10.2. The molecule has 12 heteroatoms. The molecule has 0 spiro atoms. The van der Waals surface area contributed by atoms with Gasteiger partial charge in [0, 0.05) is 42.7 Å². The van der Waals surface area contributed by atoms with E-state index in [1.807, 2.05) is 0 Å². The summed E-state index contributed by atoms with van der Waals surface area (Å²) in [6.45, 7) is 5.08. The van der Waals surface area contributed by atoms with Gasteiger partial charge in [0.1, 0.15) is 22.9 Å². The average Bonchev–Trinajstić information content (AvgIpc) is 2.91. The molecule has 0 atom stereocenters. The molecule has 0 saturated heterocycles. The van der Waals surface area contributed by atoms with Gasteiger partial charge in [-0.15, -0.1) is 0 Å². The maximum Gasteiger partial charge on any atom is 0.335 e. The number of amides is 2. The topological polar surface area (TPSA) is 124 Å². The van der Waals surface area contributed by atoms with Crippen LogP contribution in [0.3, 0.4) is 0 Å². The zero-order valence-electron chi connectivity index (χ0n) is 21.8. The molecule has 0 radical (unpaired) electrons. The van der Waals surface area contributed by atoms with Crippen LogP contribution in [0.1, 0.15) is 43.6 Å². The molecule has 2 N–H and O–H groups in total. The van der Waals surface area contributed by atoms with E-state index in [9.17, 15) is 28.0 Å². The zero-order valence-corrected chi connectivity index (χ0v) is 21.8. The number of rotatable bonds is 8. The van der Waals surface area contributed by atoms with Crippen LogP contribution in [0, 0.1) is 11.6 Å². The van der Waals surface area contributed by atoms with Crippen LogP contribution in [-0.2, 0) is 4.79 Å². The Morgan fingerprint density at radius 1 is 1.00 bits per heavy atom. The second-order valence-corrected chi connectivity index (χ2v) is 8.92. The molecule has 4 rings (SSSR count). The third kappa shape index (κ3) is 6.12. The first-order valence-electron chi connectivity index (χ1n) is 12.3. The third-order valence-electron chi connectivity index (χ3n) is 5.74. The molecule has 2 amide bonds. The Morgan fingerprint density at radius 2 is 1.73 bits per heavy atom. The predicted octanol–water partition coefficient (Wildman–Crippen LogP) is 4.65. The lowest BCUT2D eigenvalue weighted by molar-refractivity contribution is -0.115. The van der Waals surface area contributed by atoms with Crippen molar-refractivity contribution >= 4 is 23.3 Å². The van der Waals surface area contributed by atoms with Crippen molar-refractivity contribution in [1.82, 2.24) is 14.1 Å². The van der Waals surface area contributed by atoms with E-state index < -0.39 is 34.8 Å². The molecule has 0 fully saturated rings. The molecular weight excluding hydrogens is 524 g/mol. The number of carbonyl (C=O) groups is 2. The Labute approximate surface area is 226 Å². The molecule has 0 saturated carbocycles. The summed E-state index contributed by atoms with van der Waals surface area (Å²) in [6.07, 6.45) is 2.78. The fraction of sp³-hybridized carbons (Fsp3) is 0.179. The summed E-state index contributed by atoms with van der Waals surface area (Å²) in [5.74, 6) is -2.21. The van der Waals surface area contributed by atoms with Crippen molar-refractivity contribution in [2.24, 2.45) is 0 Å². The minimum Gasteiger partial charge on any atom is -0.454 e. The lowest BCUT2D eigenvalue weighted by Crippen LogP contribution is -2.42. The van der Waals surface area contributed by atoms with Gasteiger partial charge in [0.2, 0.25) is 5.91 Å². The van der Waals surface area contributed by atoms with Crippen LogP contribution >= 0.6 is 0 Å². The van der Waals surface area contributed by atoms with Crippen LogP contribution in [0.4, 0.5) is 20.3 Å². The zero-order chi connectivity index (χ0) is 29.0. The molecule has 2 aromatic heterocycles. The maximum atomic E-state index is 14.9. The highest BCUT2D eigenvalue weighted by Crippen LogP contribution is 2.28. The van der Waals surface area contributed by atoms with Crippen LogP contribution in [0.25, 0.3) is 5.69 Å². The number of ether oxygens (including phenoxy) is 1. The summed E-state index contributed by atoms with van der Waals surface area (Å²) >= 11 is 0. The standard InChI is InChI=1S/C28H25F2N5O5/c1-4-25(36)33-24-14-20(11-12-31-24)40-23-10-7-18(13-22(23)30)32-26(37)21-15-34(16(2)3)28(39)35(27(21)38)19-8-5-17(29)6-9-19/h5-16H,4H2,1-3H3,(H,32,37)(H,31,33,36). The Bertz CT molecular complexity index is 1700. The first kappa shape index (κ1) is 27.9. The number of aromatic nitrogens is 3. The first-order chi connectivity index (χ1) is 19.1. The Balaban J connectivity index is 1.60. The number of hydrogen-bond acceptors (Lipinski definition) is 6. The van der Waals surface area contributed by atoms with Gasteiger partial charge in [-0.05, 0) is 56.3 Å². The van der Waals surface area contributed by atoms with Crippen molar-refractivity contribution in [3.8, 4) is 17.2 Å². The minimum atomic E-state index is -0.921. The predicted molar refractivity (Wildman–Crippen MR) is 144 cm³/mol. The van der Waals surface area contributed by atoms with E-state index in [1.165, 1.54) is 47.2 Å². The average molecular weight is 550 g/mol. The fourth-order valence-corrected chi connectivity index (χ4v) is 3.68. The molecule has 0 aliphatic rings. The van der Waals surface area contributed by atoms with E-state index >= 15 is 0 Å². The van der Waals surface area contributed by atoms with Crippen molar-refractivity contribution in [3.63, 3.8) is 0 Å². The first-order valence-corrected chi connectivity index (χ1v) is 12.3. The van der Waals surface area contributed by atoms with Gasteiger partial charge in [0.05, 0.1) is 5.69 Å². The molecule has 0 aliphatic carbocycles. The third-order valence-corrected chi connectivity index (χ3v) is 5.74. The SMILES string of the molecule is CCC(=O)Nc1cc(Oc2ccc(NC(=O)c3cn(C(C)C)c(=O)n(-c4ccc(F)cc4)c3=O)cc2F)ccn1. The molecular formula is C28H25F2N5O5. The van der Waals surface area contributed by atoms with Gasteiger partial charge in [-0.2, -0.15) is 0 Å². The van der Waals surface area contributed by atoms with Crippen molar-refractivity contribution in [3.05, 3.63) is 105 Å². The van der Waals surface area contributed by atoms with Gasteiger partial charge >= 0.3 is 5.69 Å². The van der Waals surface area contributed by atoms with Crippen LogP contribution in [0.5, 0.6) is 11.5 Å². The smallest absolute Gasteiger partial charge is 0.335 e. The monoisotopic (exact) mass is 549 g/mol. The second kappa shape index (κ2) is 11.7. The van der Waals surface area contributed by atoms with E-state index in [4.69, 9.17) is 4.74 Å². The number of hydrogen-bond donors (Lipinski definition) is 2. The van der Waals surface area contributed by atoms with Gasteiger partial charge in [-0.3, -0.25) is 19.0 Å². The lowest BCUT2D eigenvalue weighted by Gasteiger charge is -2.16. The van der Waals surface area contributed by atoms with Gasteiger partial charge in [-0.25, -0.2) is 23.1 Å². The molecule has 0 bridgehead atoms. The highest BCUT2D eigenvalue weighted by molar-refractivity contribution is 6.03. The molecule has 0 unspecified atom stereocenters. The van der Waals surface area contributed by atoms with Crippen LogP contribution in [0.2, 0.25) is 0 Å². The van der Waals surface area contributed by atoms with Crippen molar-refractivity contribution in [2.45, 2.75) is 33.2 Å².